The van der Waals surface area contributed by atoms with Crippen LogP contribution in [0.4, 0.5) is 10.1 Å². The summed E-state index contributed by atoms with van der Waals surface area (Å²) in [6.07, 6.45) is 2.49. The Morgan fingerprint density at radius 3 is 2.35 bits per heavy atom. The molecule has 1 N–H and O–H groups in total. The summed E-state index contributed by atoms with van der Waals surface area (Å²) in [5.74, 6) is -1.36. The van der Waals surface area contributed by atoms with Crippen LogP contribution in [0.5, 0.6) is 0 Å². The maximum Gasteiger partial charge on any atom is 0.306 e. The van der Waals surface area contributed by atoms with Gasteiger partial charge >= 0.3 is 5.97 Å². The molecule has 0 saturated carbocycles. The zero-order chi connectivity index (χ0) is 19.1. The van der Waals surface area contributed by atoms with Crippen molar-refractivity contribution in [2.75, 3.05) is 18.2 Å². The lowest BCUT2D eigenvalue weighted by Gasteiger charge is -2.10. The molecule has 1 amide bonds. The van der Waals surface area contributed by atoms with Crippen molar-refractivity contribution < 1.29 is 18.7 Å². The number of benzene rings is 1. The minimum absolute atomic E-state index is 0.132. The Hall–Kier alpha value is -2.48. The minimum Gasteiger partial charge on any atom is -0.456 e. The summed E-state index contributed by atoms with van der Waals surface area (Å²) < 4.78 is 17.8. The normalized spacial score (nSPS) is 10.5. The van der Waals surface area contributed by atoms with Crippen LogP contribution in [0.2, 0.25) is 0 Å². The highest BCUT2D eigenvalue weighted by atomic mass is 32.2. The molecule has 0 unspecified atom stereocenters. The molecule has 2 rings (SSSR count). The van der Waals surface area contributed by atoms with Crippen LogP contribution in [0.15, 0.2) is 29.4 Å². The first kappa shape index (κ1) is 19.8. The Morgan fingerprint density at radius 2 is 1.77 bits per heavy atom. The van der Waals surface area contributed by atoms with Gasteiger partial charge in [-0.3, -0.25) is 9.59 Å². The lowest BCUT2D eigenvalue weighted by molar-refractivity contribution is -0.147. The number of esters is 1. The Morgan fingerprint density at radius 1 is 1.15 bits per heavy atom. The number of ether oxygens (including phenoxy) is 1. The van der Waals surface area contributed by atoms with Crippen LogP contribution in [0, 0.1) is 19.7 Å². The number of nitrogens with zero attached hydrogens (tertiary/aromatic N) is 2. The van der Waals surface area contributed by atoms with Crippen LogP contribution in [-0.2, 0) is 20.7 Å². The number of hydrogen-bond donors (Lipinski definition) is 1. The lowest BCUT2D eigenvalue weighted by Crippen LogP contribution is -2.21. The fraction of sp³-hybridized carbons (Fsp3) is 0.333. The van der Waals surface area contributed by atoms with E-state index in [1.54, 1.807) is 0 Å². The number of carbonyl (C=O) groups is 2. The molecule has 8 heteroatoms. The Labute approximate surface area is 155 Å². The van der Waals surface area contributed by atoms with Crippen molar-refractivity contribution in [1.82, 2.24) is 9.97 Å². The van der Waals surface area contributed by atoms with E-state index in [-0.39, 0.29) is 6.42 Å². The van der Waals surface area contributed by atoms with Gasteiger partial charge in [-0.15, -0.1) is 0 Å². The second-order valence-corrected chi connectivity index (χ2v) is 6.35. The molecule has 1 heterocycles. The molecule has 0 atom stereocenters. The molecule has 26 heavy (non-hydrogen) atoms. The number of halogens is 1. The van der Waals surface area contributed by atoms with Gasteiger partial charge in [-0.1, -0.05) is 11.8 Å². The van der Waals surface area contributed by atoms with Crippen LogP contribution in [0.1, 0.15) is 23.4 Å². The maximum atomic E-state index is 12.8. The standard InChI is InChI=1S/C18H20FN3O3S/c1-11-15(12(2)21-18(20-11)26-3)8-9-17(24)25-10-16(23)22-14-6-4-13(19)5-7-14/h4-7H,8-10H2,1-3H3,(H,22,23). The van der Waals surface area contributed by atoms with Gasteiger partial charge in [0.25, 0.3) is 5.91 Å². The molecule has 0 aliphatic rings. The Balaban J connectivity index is 1.80. The minimum atomic E-state index is -0.482. The van der Waals surface area contributed by atoms with Crippen molar-refractivity contribution in [2.24, 2.45) is 0 Å². The van der Waals surface area contributed by atoms with Crippen LogP contribution in [0.3, 0.4) is 0 Å². The van der Waals surface area contributed by atoms with Crippen molar-refractivity contribution in [3.8, 4) is 0 Å². The predicted octanol–water partition coefficient (Wildman–Crippen LogP) is 3.07. The van der Waals surface area contributed by atoms with Gasteiger partial charge in [0, 0.05) is 23.5 Å². The Kier molecular flexibility index (Phi) is 7.08. The van der Waals surface area contributed by atoms with Gasteiger partial charge in [0.05, 0.1) is 0 Å². The summed E-state index contributed by atoms with van der Waals surface area (Å²) in [5.41, 5.74) is 3.02. The highest BCUT2D eigenvalue weighted by molar-refractivity contribution is 7.98. The molecule has 1 aromatic carbocycles. The summed E-state index contributed by atoms with van der Waals surface area (Å²) in [7, 11) is 0. The van der Waals surface area contributed by atoms with Crippen molar-refractivity contribution in [2.45, 2.75) is 31.8 Å². The zero-order valence-electron chi connectivity index (χ0n) is 14.8. The first-order valence-electron chi connectivity index (χ1n) is 7.98. The van der Waals surface area contributed by atoms with E-state index in [2.05, 4.69) is 15.3 Å². The van der Waals surface area contributed by atoms with Gasteiger partial charge in [0.2, 0.25) is 0 Å². The number of aromatic nitrogens is 2. The topological polar surface area (TPSA) is 81.2 Å². The molecule has 0 aliphatic carbocycles. The number of anilines is 1. The van der Waals surface area contributed by atoms with Crippen LogP contribution < -0.4 is 5.32 Å². The second-order valence-electron chi connectivity index (χ2n) is 5.58. The molecule has 0 radical (unpaired) electrons. The number of hydrogen-bond acceptors (Lipinski definition) is 6. The predicted molar refractivity (Wildman–Crippen MR) is 97.6 cm³/mol. The van der Waals surface area contributed by atoms with Crippen molar-refractivity contribution >= 4 is 29.3 Å². The third kappa shape index (κ3) is 5.80. The van der Waals surface area contributed by atoms with Crippen LogP contribution >= 0.6 is 11.8 Å². The van der Waals surface area contributed by atoms with Crippen molar-refractivity contribution in [3.05, 3.63) is 47.0 Å². The molecule has 2 aromatic rings. The quantitative estimate of drug-likeness (QED) is 0.454. The van der Waals surface area contributed by atoms with Crippen molar-refractivity contribution in [1.29, 1.82) is 0 Å². The third-order valence-electron chi connectivity index (χ3n) is 3.65. The fourth-order valence-corrected chi connectivity index (χ4v) is 2.79. The molecular formula is C18H20FN3O3S. The lowest BCUT2D eigenvalue weighted by atomic mass is 10.1. The fourth-order valence-electron chi connectivity index (χ4n) is 2.34. The second kappa shape index (κ2) is 9.28. The van der Waals surface area contributed by atoms with E-state index in [9.17, 15) is 14.0 Å². The third-order valence-corrected chi connectivity index (χ3v) is 4.20. The molecule has 0 aliphatic heterocycles. The van der Waals surface area contributed by atoms with Gasteiger partial charge < -0.3 is 10.1 Å². The molecule has 0 fully saturated rings. The Bertz CT molecular complexity index is 774. The average molecular weight is 377 g/mol. The SMILES string of the molecule is CSc1nc(C)c(CCC(=O)OCC(=O)Nc2ccc(F)cc2)c(C)n1. The van der Waals surface area contributed by atoms with Crippen LogP contribution in [0.25, 0.3) is 0 Å². The van der Waals surface area contributed by atoms with Gasteiger partial charge in [-0.05, 0) is 56.4 Å². The van der Waals surface area contributed by atoms with Gasteiger partial charge in [-0.25, -0.2) is 14.4 Å². The summed E-state index contributed by atoms with van der Waals surface area (Å²) in [6, 6.07) is 5.32. The van der Waals surface area contributed by atoms with E-state index < -0.39 is 24.3 Å². The molecular weight excluding hydrogens is 357 g/mol. The summed E-state index contributed by atoms with van der Waals surface area (Å²) >= 11 is 1.46. The molecule has 0 saturated heterocycles. The maximum absolute atomic E-state index is 12.8. The van der Waals surface area contributed by atoms with E-state index in [1.807, 2.05) is 20.1 Å². The van der Waals surface area contributed by atoms with E-state index in [1.165, 1.54) is 36.0 Å². The van der Waals surface area contributed by atoms with Crippen molar-refractivity contribution in [3.63, 3.8) is 0 Å². The summed E-state index contributed by atoms with van der Waals surface area (Å²) in [6.45, 7) is 3.37. The zero-order valence-corrected chi connectivity index (χ0v) is 15.7. The highest BCUT2D eigenvalue weighted by Crippen LogP contribution is 2.17. The van der Waals surface area contributed by atoms with Crippen LogP contribution in [-0.4, -0.2) is 34.7 Å². The number of thioether (sulfide) groups is 1. The number of nitrogens with one attached hydrogen (secondary N) is 1. The van der Waals surface area contributed by atoms with E-state index in [0.717, 1.165) is 17.0 Å². The van der Waals surface area contributed by atoms with E-state index in [4.69, 9.17) is 4.74 Å². The molecule has 138 valence electrons. The first-order chi connectivity index (χ1) is 12.4. The number of carbonyl (C=O) groups excluding carboxylic acids is 2. The summed E-state index contributed by atoms with van der Waals surface area (Å²) in [4.78, 5) is 32.4. The molecule has 0 spiro atoms. The highest BCUT2D eigenvalue weighted by Gasteiger charge is 2.12. The smallest absolute Gasteiger partial charge is 0.306 e. The largest absolute Gasteiger partial charge is 0.456 e. The van der Waals surface area contributed by atoms with E-state index in [0.29, 0.717) is 17.3 Å². The number of amides is 1. The van der Waals surface area contributed by atoms with Gasteiger partial charge in [0.1, 0.15) is 5.82 Å². The number of rotatable bonds is 7. The molecule has 0 bridgehead atoms. The van der Waals surface area contributed by atoms with Gasteiger partial charge in [0.15, 0.2) is 11.8 Å². The van der Waals surface area contributed by atoms with E-state index >= 15 is 0 Å². The monoisotopic (exact) mass is 377 g/mol. The average Bonchev–Trinajstić information content (AvgIpc) is 2.61. The molecule has 6 nitrogen and oxygen atoms in total. The number of aryl methyl sites for hydroxylation is 2. The summed E-state index contributed by atoms with van der Waals surface area (Å²) in [5, 5.41) is 3.22. The first-order valence-corrected chi connectivity index (χ1v) is 9.20. The molecule has 1 aromatic heterocycles. The van der Waals surface area contributed by atoms with Gasteiger partial charge in [-0.2, -0.15) is 0 Å².